The zero-order valence-corrected chi connectivity index (χ0v) is 17.4. The maximum absolute atomic E-state index is 12.3. The summed E-state index contributed by atoms with van der Waals surface area (Å²) in [5.74, 6) is -0.0345. The summed E-state index contributed by atoms with van der Waals surface area (Å²) in [5, 5.41) is 13.3. The minimum atomic E-state index is -0.442. The Balaban J connectivity index is 1.44. The van der Waals surface area contributed by atoms with E-state index in [0.29, 0.717) is 23.4 Å². The Morgan fingerprint density at radius 2 is 1.93 bits per heavy atom. The Kier molecular flexibility index (Phi) is 5.67. The normalized spacial score (nSPS) is 11.0. The number of hydrogen-bond donors (Lipinski definition) is 1. The van der Waals surface area contributed by atoms with Gasteiger partial charge in [0.2, 0.25) is 5.91 Å². The molecule has 0 unspecified atom stereocenters. The Labute approximate surface area is 177 Å². The lowest BCUT2D eigenvalue weighted by molar-refractivity contribution is -0.115. The van der Waals surface area contributed by atoms with Crippen molar-refractivity contribution in [2.45, 2.75) is 18.5 Å². The van der Waals surface area contributed by atoms with Crippen LogP contribution < -0.4 is 5.32 Å². The molecule has 1 amide bonds. The number of fused-ring (bicyclic) bond motifs is 3. The van der Waals surface area contributed by atoms with Gasteiger partial charge < -0.3 is 10.1 Å². The molecule has 0 aliphatic heterocycles. The molecule has 0 aliphatic carbocycles. The van der Waals surface area contributed by atoms with Crippen LogP contribution in [0, 0.1) is 6.92 Å². The number of carbonyl (C=O) groups is 2. The number of benzene rings is 2. The second-order valence-electron chi connectivity index (χ2n) is 6.74. The van der Waals surface area contributed by atoms with Crippen molar-refractivity contribution in [3.8, 4) is 0 Å². The summed E-state index contributed by atoms with van der Waals surface area (Å²) < 4.78 is 6.72. The van der Waals surface area contributed by atoms with Gasteiger partial charge in [0.25, 0.3) is 0 Å². The SMILES string of the molecule is COC(=O)c1cccc(NC(=O)CCSc2nnc3cc(C)c4ccccc4n23)c1. The Morgan fingerprint density at radius 1 is 1.10 bits per heavy atom. The maximum Gasteiger partial charge on any atom is 0.337 e. The molecule has 0 saturated carbocycles. The highest BCUT2D eigenvalue weighted by atomic mass is 32.2. The quantitative estimate of drug-likeness (QED) is 0.373. The zero-order valence-electron chi connectivity index (χ0n) is 16.6. The minimum Gasteiger partial charge on any atom is -0.465 e. The highest BCUT2D eigenvalue weighted by molar-refractivity contribution is 7.99. The summed E-state index contributed by atoms with van der Waals surface area (Å²) in [7, 11) is 1.32. The van der Waals surface area contributed by atoms with E-state index in [0.717, 1.165) is 27.3 Å². The largest absolute Gasteiger partial charge is 0.465 e. The lowest BCUT2D eigenvalue weighted by atomic mass is 10.1. The number of aryl methyl sites for hydroxylation is 1. The van der Waals surface area contributed by atoms with Crippen LogP contribution in [0.3, 0.4) is 0 Å². The van der Waals surface area contributed by atoms with Gasteiger partial charge in [0.05, 0.1) is 18.2 Å². The minimum absolute atomic E-state index is 0.140. The summed E-state index contributed by atoms with van der Waals surface area (Å²) in [6.07, 6.45) is 0.297. The Bertz CT molecular complexity index is 1250. The number of thioether (sulfide) groups is 1. The number of hydrogen-bond acceptors (Lipinski definition) is 6. The van der Waals surface area contributed by atoms with Crippen LogP contribution in [0.2, 0.25) is 0 Å². The molecule has 0 bridgehead atoms. The summed E-state index contributed by atoms with van der Waals surface area (Å²) >= 11 is 1.48. The van der Waals surface area contributed by atoms with E-state index in [2.05, 4.69) is 28.5 Å². The lowest BCUT2D eigenvalue weighted by Gasteiger charge is -2.08. The van der Waals surface area contributed by atoms with Gasteiger partial charge >= 0.3 is 5.97 Å². The molecule has 152 valence electrons. The van der Waals surface area contributed by atoms with E-state index in [1.54, 1.807) is 24.3 Å². The fourth-order valence-electron chi connectivity index (χ4n) is 3.27. The molecule has 4 aromatic rings. The topological polar surface area (TPSA) is 85.6 Å². The molecule has 2 aromatic carbocycles. The maximum atomic E-state index is 12.3. The predicted molar refractivity (Wildman–Crippen MR) is 117 cm³/mol. The molecule has 0 spiro atoms. The van der Waals surface area contributed by atoms with Crippen molar-refractivity contribution < 1.29 is 14.3 Å². The Morgan fingerprint density at radius 3 is 2.77 bits per heavy atom. The van der Waals surface area contributed by atoms with Gasteiger partial charge in [-0.05, 0) is 42.8 Å². The van der Waals surface area contributed by atoms with Crippen LogP contribution in [0.5, 0.6) is 0 Å². The molecule has 1 N–H and O–H groups in total. The van der Waals surface area contributed by atoms with E-state index in [9.17, 15) is 9.59 Å². The van der Waals surface area contributed by atoms with E-state index in [4.69, 9.17) is 4.74 Å². The molecule has 0 radical (unpaired) electrons. The molecule has 7 nitrogen and oxygen atoms in total. The van der Waals surface area contributed by atoms with Gasteiger partial charge in [-0.1, -0.05) is 36.0 Å². The molecule has 2 heterocycles. The molecule has 2 aromatic heterocycles. The molecule has 0 saturated heterocycles. The summed E-state index contributed by atoms with van der Waals surface area (Å²) in [6.45, 7) is 2.06. The second kappa shape index (κ2) is 8.54. The van der Waals surface area contributed by atoms with E-state index < -0.39 is 5.97 Å². The number of amides is 1. The van der Waals surface area contributed by atoms with Crippen LogP contribution in [0.4, 0.5) is 5.69 Å². The van der Waals surface area contributed by atoms with Gasteiger partial charge in [-0.2, -0.15) is 0 Å². The molecule has 30 heavy (non-hydrogen) atoms. The van der Waals surface area contributed by atoms with Crippen molar-refractivity contribution in [3.63, 3.8) is 0 Å². The van der Waals surface area contributed by atoms with E-state index >= 15 is 0 Å². The number of anilines is 1. The van der Waals surface area contributed by atoms with E-state index in [1.807, 2.05) is 28.7 Å². The van der Waals surface area contributed by atoms with Crippen molar-refractivity contribution >= 4 is 45.9 Å². The third kappa shape index (κ3) is 3.99. The molecule has 0 atom stereocenters. The van der Waals surface area contributed by atoms with Crippen LogP contribution in [0.25, 0.3) is 16.6 Å². The van der Waals surface area contributed by atoms with Crippen LogP contribution >= 0.6 is 11.8 Å². The summed E-state index contributed by atoms with van der Waals surface area (Å²) in [6, 6.07) is 16.8. The predicted octanol–water partition coefficient (Wildman–Crippen LogP) is 4.10. The lowest BCUT2D eigenvalue weighted by Crippen LogP contribution is -2.13. The number of pyridine rings is 1. The van der Waals surface area contributed by atoms with Gasteiger partial charge in [-0.3, -0.25) is 9.20 Å². The first kappa shape index (κ1) is 19.9. The van der Waals surface area contributed by atoms with Crippen LogP contribution in [0.1, 0.15) is 22.3 Å². The van der Waals surface area contributed by atoms with Gasteiger partial charge in [0.15, 0.2) is 10.8 Å². The number of para-hydroxylation sites is 1. The van der Waals surface area contributed by atoms with Gasteiger partial charge in [-0.25, -0.2) is 4.79 Å². The standard InChI is InChI=1S/C22H20N4O3S/c1-14-12-19-24-25-22(26(19)18-9-4-3-8-17(14)18)30-11-10-20(27)23-16-7-5-6-15(13-16)21(28)29-2/h3-9,12-13H,10-11H2,1-2H3,(H,23,27). The number of aromatic nitrogens is 3. The molecular formula is C22H20N4O3S. The van der Waals surface area contributed by atoms with Crippen molar-refractivity contribution in [3.05, 3.63) is 65.7 Å². The first-order chi connectivity index (χ1) is 14.6. The van der Waals surface area contributed by atoms with Gasteiger partial charge in [0.1, 0.15) is 0 Å². The molecule has 0 aliphatic rings. The van der Waals surface area contributed by atoms with Crippen molar-refractivity contribution in [2.24, 2.45) is 0 Å². The van der Waals surface area contributed by atoms with Crippen LogP contribution in [0.15, 0.2) is 59.8 Å². The average Bonchev–Trinajstić information content (AvgIpc) is 3.16. The smallest absolute Gasteiger partial charge is 0.337 e. The molecule has 4 rings (SSSR count). The Hall–Kier alpha value is -3.39. The van der Waals surface area contributed by atoms with Gasteiger partial charge in [0, 0.05) is 23.2 Å². The molecular weight excluding hydrogens is 400 g/mol. The van der Waals surface area contributed by atoms with E-state index in [1.165, 1.54) is 18.9 Å². The number of nitrogens with one attached hydrogen (secondary N) is 1. The number of carbonyl (C=O) groups excluding carboxylic acids is 2. The number of methoxy groups -OCH3 is 1. The van der Waals surface area contributed by atoms with Crippen LogP contribution in [-0.4, -0.2) is 39.3 Å². The number of esters is 1. The van der Waals surface area contributed by atoms with Crippen molar-refractivity contribution in [1.82, 2.24) is 14.6 Å². The first-order valence-electron chi connectivity index (χ1n) is 9.41. The fraction of sp³-hybridized carbons (Fsp3) is 0.182. The summed E-state index contributed by atoms with van der Waals surface area (Å²) in [4.78, 5) is 24.0. The van der Waals surface area contributed by atoms with E-state index in [-0.39, 0.29) is 5.91 Å². The third-order valence-corrected chi connectivity index (χ3v) is 5.63. The molecule has 0 fully saturated rings. The number of rotatable bonds is 6. The highest BCUT2D eigenvalue weighted by Crippen LogP contribution is 2.26. The first-order valence-corrected chi connectivity index (χ1v) is 10.4. The second-order valence-corrected chi connectivity index (χ2v) is 7.80. The van der Waals surface area contributed by atoms with Gasteiger partial charge in [-0.15, -0.1) is 10.2 Å². The number of ether oxygens (including phenoxy) is 1. The number of nitrogens with zero attached hydrogens (tertiary/aromatic N) is 3. The fourth-order valence-corrected chi connectivity index (χ4v) is 4.16. The monoisotopic (exact) mass is 420 g/mol. The van der Waals surface area contributed by atoms with Crippen molar-refractivity contribution in [1.29, 1.82) is 0 Å². The van der Waals surface area contributed by atoms with Crippen LogP contribution in [-0.2, 0) is 9.53 Å². The highest BCUT2D eigenvalue weighted by Gasteiger charge is 2.13. The average molecular weight is 420 g/mol. The summed E-state index contributed by atoms with van der Waals surface area (Å²) in [5.41, 5.74) is 3.93. The third-order valence-electron chi connectivity index (χ3n) is 4.70. The zero-order chi connectivity index (χ0) is 21.1. The van der Waals surface area contributed by atoms with Crippen molar-refractivity contribution in [2.75, 3.05) is 18.2 Å². The molecule has 8 heteroatoms.